The minimum atomic E-state index is 0. The molecule has 2 N–H and O–H groups in total. The van der Waals surface area contributed by atoms with Gasteiger partial charge in [-0.05, 0) is 43.9 Å². The van der Waals surface area contributed by atoms with E-state index in [2.05, 4.69) is 45.8 Å². The van der Waals surface area contributed by atoms with Crippen LogP contribution in [0.1, 0.15) is 50.4 Å². The molecule has 0 spiro atoms. The summed E-state index contributed by atoms with van der Waals surface area (Å²) >= 11 is 0. The molecule has 4 rings (SSSR count). The van der Waals surface area contributed by atoms with E-state index in [0.29, 0.717) is 6.04 Å². The first-order chi connectivity index (χ1) is 14.2. The van der Waals surface area contributed by atoms with Crippen molar-refractivity contribution in [3.63, 3.8) is 0 Å². The first-order valence-electron chi connectivity index (χ1n) is 10.8. The number of halogens is 1. The molecule has 1 aromatic heterocycles. The Morgan fingerprint density at radius 3 is 2.93 bits per heavy atom. The molecule has 164 valence electrons. The smallest absolute Gasteiger partial charge is 0.191 e. The maximum Gasteiger partial charge on any atom is 0.191 e. The van der Waals surface area contributed by atoms with Gasteiger partial charge in [-0.15, -0.1) is 24.0 Å². The molecule has 2 aromatic rings. The lowest BCUT2D eigenvalue weighted by atomic mass is 9.79. The van der Waals surface area contributed by atoms with Gasteiger partial charge in [-0.1, -0.05) is 25.0 Å². The van der Waals surface area contributed by atoms with Gasteiger partial charge in [0.2, 0.25) is 0 Å². The maximum atomic E-state index is 5.47. The van der Waals surface area contributed by atoms with Gasteiger partial charge >= 0.3 is 0 Å². The molecule has 8 heteroatoms. The summed E-state index contributed by atoms with van der Waals surface area (Å²) in [5, 5.41) is 11.4. The number of ether oxygens (including phenoxy) is 1. The number of guanidine groups is 1. The van der Waals surface area contributed by atoms with Crippen LogP contribution in [0.2, 0.25) is 0 Å². The Labute approximate surface area is 196 Å². The fraction of sp³-hybridized carbons (Fsp3) is 0.591. The highest BCUT2D eigenvalue weighted by Crippen LogP contribution is 2.42. The summed E-state index contributed by atoms with van der Waals surface area (Å²) in [6.07, 6.45) is 8.51. The van der Waals surface area contributed by atoms with Crippen LogP contribution in [-0.4, -0.2) is 47.0 Å². The molecular weight excluding hydrogens is 491 g/mol. The van der Waals surface area contributed by atoms with Crippen LogP contribution in [0.5, 0.6) is 5.75 Å². The molecular formula is C22H33IN6O. The lowest BCUT2D eigenvalue weighted by Gasteiger charge is -2.30. The van der Waals surface area contributed by atoms with Gasteiger partial charge in [-0.25, -0.2) is 9.67 Å². The summed E-state index contributed by atoms with van der Waals surface area (Å²) in [5.74, 6) is 2.90. The van der Waals surface area contributed by atoms with E-state index in [1.165, 1.54) is 31.2 Å². The molecule has 0 bridgehead atoms. The predicted molar refractivity (Wildman–Crippen MR) is 130 cm³/mol. The van der Waals surface area contributed by atoms with Gasteiger partial charge in [-0.3, -0.25) is 4.99 Å². The van der Waals surface area contributed by atoms with E-state index in [1.54, 1.807) is 13.4 Å². The topological polar surface area (TPSA) is 76.4 Å². The number of fused-ring (bicyclic) bond motifs is 1. The predicted octanol–water partition coefficient (Wildman–Crippen LogP) is 3.29. The van der Waals surface area contributed by atoms with Gasteiger partial charge in [0, 0.05) is 24.4 Å². The first kappa shape index (κ1) is 22.8. The van der Waals surface area contributed by atoms with Crippen molar-refractivity contribution in [1.82, 2.24) is 25.4 Å². The number of nitrogens with zero attached hydrogens (tertiary/aromatic N) is 4. The lowest BCUT2D eigenvalue weighted by Crippen LogP contribution is -2.47. The Morgan fingerprint density at radius 2 is 2.17 bits per heavy atom. The third-order valence-corrected chi connectivity index (χ3v) is 6.27. The van der Waals surface area contributed by atoms with E-state index in [0.717, 1.165) is 50.0 Å². The van der Waals surface area contributed by atoms with Crippen molar-refractivity contribution in [1.29, 1.82) is 0 Å². The molecule has 2 heterocycles. The lowest BCUT2D eigenvalue weighted by molar-refractivity contribution is 0.390. The molecule has 0 radical (unpaired) electrons. The van der Waals surface area contributed by atoms with Crippen LogP contribution in [0, 0.1) is 0 Å². The number of nitrogens with one attached hydrogen (secondary N) is 2. The molecule has 7 nitrogen and oxygen atoms in total. The minimum absolute atomic E-state index is 0. The molecule has 0 saturated heterocycles. The van der Waals surface area contributed by atoms with E-state index in [9.17, 15) is 0 Å². The fourth-order valence-corrected chi connectivity index (χ4v) is 4.64. The van der Waals surface area contributed by atoms with Gasteiger partial charge in [-0.2, -0.15) is 5.10 Å². The average molecular weight is 524 g/mol. The number of benzene rings is 1. The van der Waals surface area contributed by atoms with Crippen LogP contribution >= 0.6 is 24.0 Å². The molecule has 1 saturated carbocycles. The van der Waals surface area contributed by atoms with Gasteiger partial charge in [0.1, 0.15) is 17.9 Å². The van der Waals surface area contributed by atoms with Crippen molar-refractivity contribution >= 4 is 29.9 Å². The molecule has 1 fully saturated rings. The second kappa shape index (κ2) is 10.5. The summed E-state index contributed by atoms with van der Waals surface area (Å²) < 4.78 is 7.47. The highest BCUT2D eigenvalue weighted by molar-refractivity contribution is 14.0. The molecule has 30 heavy (non-hydrogen) atoms. The second-order valence-corrected chi connectivity index (χ2v) is 8.15. The van der Waals surface area contributed by atoms with E-state index >= 15 is 0 Å². The van der Waals surface area contributed by atoms with Crippen LogP contribution in [0.3, 0.4) is 0 Å². The van der Waals surface area contributed by atoms with Crippen LogP contribution < -0.4 is 15.4 Å². The molecule has 0 amide bonds. The average Bonchev–Trinajstić information content (AvgIpc) is 3.42. The van der Waals surface area contributed by atoms with Gasteiger partial charge in [0.25, 0.3) is 0 Å². The number of aryl methyl sites for hydroxylation is 1. The molecule has 2 aliphatic rings. The molecule has 1 aliphatic carbocycles. The highest BCUT2D eigenvalue weighted by Gasteiger charge is 2.36. The van der Waals surface area contributed by atoms with Crippen molar-refractivity contribution < 1.29 is 4.74 Å². The summed E-state index contributed by atoms with van der Waals surface area (Å²) in [7, 11) is 1.73. The van der Waals surface area contributed by atoms with Crippen molar-refractivity contribution in [2.75, 3.05) is 20.2 Å². The van der Waals surface area contributed by atoms with Crippen LogP contribution in [0.4, 0.5) is 0 Å². The van der Waals surface area contributed by atoms with Crippen LogP contribution in [0.25, 0.3) is 0 Å². The van der Waals surface area contributed by atoms with E-state index in [4.69, 9.17) is 9.73 Å². The highest BCUT2D eigenvalue weighted by atomic mass is 127. The number of rotatable bonds is 6. The largest absolute Gasteiger partial charge is 0.497 e. The summed E-state index contributed by atoms with van der Waals surface area (Å²) in [6, 6.07) is 8.85. The van der Waals surface area contributed by atoms with Gasteiger partial charge < -0.3 is 15.4 Å². The second-order valence-electron chi connectivity index (χ2n) is 8.15. The Hall–Kier alpha value is -1.84. The maximum absolute atomic E-state index is 5.47. The number of methoxy groups -OCH3 is 1. The monoisotopic (exact) mass is 524 g/mol. The minimum Gasteiger partial charge on any atom is -0.497 e. The molecule has 1 atom stereocenters. The Balaban J connectivity index is 0.00000256. The van der Waals surface area contributed by atoms with Crippen LogP contribution in [-0.2, 0) is 18.4 Å². The molecule has 1 aliphatic heterocycles. The SMILES string of the molecule is CCNC(=NCC1(c2cccc(OC)c2)CCCC1)NC1CCc2ncnn2C1.I. The fourth-order valence-electron chi connectivity index (χ4n) is 4.64. The molecule has 1 unspecified atom stereocenters. The van der Waals surface area contributed by atoms with Crippen molar-refractivity contribution in [3.8, 4) is 5.75 Å². The van der Waals surface area contributed by atoms with Gasteiger partial charge in [0.05, 0.1) is 20.2 Å². The van der Waals surface area contributed by atoms with E-state index < -0.39 is 0 Å². The zero-order valence-electron chi connectivity index (χ0n) is 17.9. The quantitative estimate of drug-likeness (QED) is 0.345. The van der Waals surface area contributed by atoms with Crippen molar-refractivity contribution in [3.05, 3.63) is 42.0 Å². The normalized spacial score (nSPS) is 20.2. The number of hydrogen-bond acceptors (Lipinski definition) is 4. The number of aromatic nitrogens is 3. The van der Waals surface area contributed by atoms with Crippen molar-refractivity contribution in [2.24, 2.45) is 4.99 Å². The number of aliphatic imine (C=N–C) groups is 1. The Bertz CT molecular complexity index is 846. The Kier molecular flexibility index (Phi) is 7.96. The van der Waals surface area contributed by atoms with Crippen LogP contribution in [0.15, 0.2) is 35.6 Å². The number of hydrogen-bond donors (Lipinski definition) is 2. The zero-order chi connectivity index (χ0) is 20.1. The third kappa shape index (κ3) is 5.07. The van der Waals surface area contributed by atoms with E-state index in [1.807, 2.05) is 10.7 Å². The molecule has 1 aromatic carbocycles. The summed E-state index contributed by atoms with van der Waals surface area (Å²) in [6.45, 7) is 4.58. The van der Waals surface area contributed by atoms with Crippen molar-refractivity contribution in [2.45, 2.75) is 63.5 Å². The summed E-state index contributed by atoms with van der Waals surface area (Å²) in [5.41, 5.74) is 1.45. The zero-order valence-corrected chi connectivity index (χ0v) is 20.3. The Morgan fingerprint density at radius 1 is 1.33 bits per heavy atom. The van der Waals surface area contributed by atoms with Gasteiger partial charge in [0.15, 0.2) is 5.96 Å². The standard InChI is InChI=1S/C22H32N6O.HI/c1-3-23-21(27-18-9-10-20-25-16-26-28(20)14-18)24-15-22(11-4-5-12-22)17-7-6-8-19(13-17)29-2;/h6-8,13,16,18H,3-5,9-12,14-15H2,1-2H3,(H2,23,24,27);1H. The third-order valence-electron chi connectivity index (χ3n) is 6.27. The summed E-state index contributed by atoms with van der Waals surface area (Å²) in [4.78, 5) is 9.37. The first-order valence-corrected chi connectivity index (χ1v) is 10.8. The van der Waals surface area contributed by atoms with E-state index in [-0.39, 0.29) is 29.4 Å².